The summed E-state index contributed by atoms with van der Waals surface area (Å²) in [5.74, 6) is 0. The molecule has 0 saturated carbocycles. The molecular formula is C11H20N2S. The van der Waals surface area contributed by atoms with Gasteiger partial charge in [0.2, 0.25) is 0 Å². The van der Waals surface area contributed by atoms with Crippen molar-refractivity contribution in [2.75, 3.05) is 11.9 Å². The molecule has 0 radical (unpaired) electrons. The van der Waals surface area contributed by atoms with Gasteiger partial charge in [0.15, 0.2) is 5.13 Å². The van der Waals surface area contributed by atoms with E-state index in [2.05, 4.69) is 44.9 Å². The molecule has 3 heteroatoms. The van der Waals surface area contributed by atoms with Crippen molar-refractivity contribution in [1.82, 2.24) is 4.98 Å². The van der Waals surface area contributed by atoms with Crippen molar-refractivity contribution < 1.29 is 0 Å². The lowest BCUT2D eigenvalue weighted by molar-refractivity contribution is 0.377. The van der Waals surface area contributed by atoms with Crippen LogP contribution in [-0.2, 0) is 0 Å². The van der Waals surface area contributed by atoms with Crippen molar-refractivity contribution in [3.05, 3.63) is 10.6 Å². The van der Waals surface area contributed by atoms with Crippen LogP contribution in [0.4, 0.5) is 5.13 Å². The van der Waals surface area contributed by atoms with E-state index >= 15 is 0 Å². The lowest BCUT2D eigenvalue weighted by Crippen LogP contribution is -2.21. The van der Waals surface area contributed by atoms with Gasteiger partial charge in [0, 0.05) is 11.4 Å². The largest absolute Gasteiger partial charge is 0.361 e. The first kappa shape index (κ1) is 11.5. The summed E-state index contributed by atoms with van der Waals surface area (Å²) in [6, 6.07) is 0. The Kier molecular flexibility index (Phi) is 3.53. The first-order valence-electron chi connectivity index (χ1n) is 5.12. The van der Waals surface area contributed by atoms with Gasteiger partial charge in [-0.3, -0.25) is 0 Å². The van der Waals surface area contributed by atoms with Gasteiger partial charge in [0.25, 0.3) is 0 Å². The molecule has 80 valence electrons. The Morgan fingerprint density at radius 1 is 1.36 bits per heavy atom. The van der Waals surface area contributed by atoms with E-state index < -0.39 is 0 Å². The molecular weight excluding hydrogens is 192 g/mol. The molecule has 0 spiro atoms. The summed E-state index contributed by atoms with van der Waals surface area (Å²) in [5.41, 5.74) is 1.50. The van der Waals surface area contributed by atoms with Gasteiger partial charge in [-0.15, -0.1) is 11.3 Å². The summed E-state index contributed by atoms with van der Waals surface area (Å²) in [4.78, 5) is 5.76. The van der Waals surface area contributed by atoms with Gasteiger partial charge in [0.1, 0.15) is 0 Å². The Hall–Kier alpha value is -0.570. The van der Waals surface area contributed by atoms with Crippen LogP contribution in [0, 0.1) is 19.3 Å². The standard InChI is InChI=1S/C11H20N2S/c1-6-11(4,5)7-12-10-13-8(2)9(3)14-10/h6-7H2,1-5H3,(H,12,13). The van der Waals surface area contributed by atoms with Crippen LogP contribution < -0.4 is 5.32 Å². The van der Waals surface area contributed by atoms with Gasteiger partial charge in [-0.05, 0) is 25.7 Å². The SMILES string of the molecule is CCC(C)(C)CNc1nc(C)c(C)s1. The maximum atomic E-state index is 4.45. The Labute approximate surface area is 90.8 Å². The van der Waals surface area contributed by atoms with Crippen molar-refractivity contribution in [2.24, 2.45) is 5.41 Å². The zero-order chi connectivity index (χ0) is 10.8. The molecule has 0 aliphatic heterocycles. The topological polar surface area (TPSA) is 24.9 Å². The van der Waals surface area contributed by atoms with Crippen LogP contribution >= 0.6 is 11.3 Å². The fourth-order valence-corrected chi connectivity index (χ4v) is 1.80. The van der Waals surface area contributed by atoms with Crippen LogP contribution in [0.15, 0.2) is 0 Å². The molecule has 0 unspecified atom stereocenters. The molecule has 1 heterocycles. The van der Waals surface area contributed by atoms with Crippen LogP contribution in [0.3, 0.4) is 0 Å². The van der Waals surface area contributed by atoms with E-state index in [1.807, 2.05) is 0 Å². The fraction of sp³-hybridized carbons (Fsp3) is 0.727. The van der Waals surface area contributed by atoms with Crippen molar-refractivity contribution in [3.63, 3.8) is 0 Å². The second-order valence-corrected chi connectivity index (χ2v) is 5.74. The van der Waals surface area contributed by atoms with Crippen molar-refractivity contribution in [2.45, 2.75) is 41.0 Å². The maximum absolute atomic E-state index is 4.45. The number of nitrogens with zero attached hydrogens (tertiary/aromatic N) is 1. The number of rotatable bonds is 4. The summed E-state index contributed by atoms with van der Waals surface area (Å²) < 4.78 is 0. The lowest BCUT2D eigenvalue weighted by atomic mass is 9.90. The van der Waals surface area contributed by atoms with Gasteiger partial charge in [-0.25, -0.2) is 4.98 Å². The Morgan fingerprint density at radius 3 is 2.43 bits per heavy atom. The molecule has 0 atom stereocenters. The monoisotopic (exact) mass is 212 g/mol. The molecule has 14 heavy (non-hydrogen) atoms. The van der Waals surface area contributed by atoms with Gasteiger partial charge in [-0.2, -0.15) is 0 Å². The van der Waals surface area contributed by atoms with Crippen LogP contribution in [-0.4, -0.2) is 11.5 Å². The predicted molar refractivity (Wildman–Crippen MR) is 64.1 cm³/mol. The predicted octanol–water partition coefficient (Wildman–Crippen LogP) is 3.61. The van der Waals surface area contributed by atoms with Gasteiger partial charge in [0.05, 0.1) is 5.69 Å². The smallest absolute Gasteiger partial charge is 0.183 e. The summed E-state index contributed by atoms with van der Waals surface area (Å²) in [7, 11) is 0. The Balaban J connectivity index is 2.54. The van der Waals surface area contributed by atoms with E-state index in [-0.39, 0.29) is 0 Å². The first-order chi connectivity index (χ1) is 6.44. The zero-order valence-electron chi connectivity index (χ0n) is 9.77. The first-order valence-corrected chi connectivity index (χ1v) is 5.94. The van der Waals surface area contributed by atoms with E-state index in [1.165, 1.54) is 11.3 Å². The van der Waals surface area contributed by atoms with E-state index in [9.17, 15) is 0 Å². The lowest BCUT2D eigenvalue weighted by Gasteiger charge is -2.22. The highest BCUT2D eigenvalue weighted by molar-refractivity contribution is 7.15. The second kappa shape index (κ2) is 4.30. The summed E-state index contributed by atoms with van der Waals surface area (Å²) in [6.07, 6.45) is 1.18. The van der Waals surface area contributed by atoms with Crippen molar-refractivity contribution in [1.29, 1.82) is 0 Å². The molecule has 0 fully saturated rings. The van der Waals surface area contributed by atoms with Gasteiger partial charge >= 0.3 is 0 Å². The number of aromatic nitrogens is 1. The highest BCUT2D eigenvalue weighted by Crippen LogP contribution is 2.24. The van der Waals surface area contributed by atoms with Crippen LogP contribution in [0.2, 0.25) is 0 Å². The van der Waals surface area contributed by atoms with E-state index in [4.69, 9.17) is 0 Å². The zero-order valence-corrected chi connectivity index (χ0v) is 10.6. The molecule has 1 N–H and O–H groups in total. The van der Waals surface area contributed by atoms with Crippen molar-refractivity contribution >= 4 is 16.5 Å². The highest BCUT2D eigenvalue weighted by Gasteiger charge is 2.15. The molecule has 0 bridgehead atoms. The van der Waals surface area contributed by atoms with E-state index in [0.717, 1.165) is 17.4 Å². The second-order valence-electron chi connectivity index (χ2n) is 4.53. The minimum atomic E-state index is 0.355. The molecule has 0 saturated heterocycles. The van der Waals surface area contributed by atoms with Gasteiger partial charge in [-0.1, -0.05) is 20.8 Å². The van der Waals surface area contributed by atoms with Crippen molar-refractivity contribution in [3.8, 4) is 0 Å². The molecule has 0 aliphatic rings. The Bertz CT molecular complexity index is 283. The third kappa shape index (κ3) is 2.98. The minimum absolute atomic E-state index is 0.355. The maximum Gasteiger partial charge on any atom is 0.183 e. The quantitative estimate of drug-likeness (QED) is 0.824. The average Bonchev–Trinajstić information content (AvgIpc) is 2.44. The molecule has 0 aliphatic carbocycles. The number of nitrogens with one attached hydrogen (secondary N) is 1. The summed E-state index contributed by atoms with van der Waals surface area (Å²) in [5, 5.41) is 4.46. The summed E-state index contributed by atoms with van der Waals surface area (Å²) >= 11 is 1.74. The molecule has 1 rings (SSSR count). The van der Waals surface area contributed by atoms with Crippen LogP contribution in [0.25, 0.3) is 0 Å². The molecule has 2 nitrogen and oxygen atoms in total. The number of thiazole rings is 1. The minimum Gasteiger partial charge on any atom is -0.361 e. The molecule has 0 amide bonds. The normalized spacial score (nSPS) is 11.8. The Morgan fingerprint density at radius 2 is 2.00 bits per heavy atom. The fourth-order valence-electron chi connectivity index (χ4n) is 0.988. The molecule has 1 aromatic rings. The number of anilines is 1. The summed E-state index contributed by atoms with van der Waals surface area (Å²) in [6.45, 7) is 11.9. The number of hydrogen-bond acceptors (Lipinski definition) is 3. The van der Waals surface area contributed by atoms with E-state index in [0.29, 0.717) is 5.41 Å². The number of hydrogen-bond donors (Lipinski definition) is 1. The highest BCUT2D eigenvalue weighted by atomic mass is 32.1. The van der Waals surface area contributed by atoms with Crippen LogP contribution in [0.5, 0.6) is 0 Å². The number of aryl methyl sites for hydroxylation is 2. The third-order valence-corrected chi connectivity index (χ3v) is 3.73. The van der Waals surface area contributed by atoms with E-state index in [1.54, 1.807) is 11.3 Å². The average molecular weight is 212 g/mol. The molecule has 1 aromatic heterocycles. The molecule has 0 aromatic carbocycles. The third-order valence-electron chi connectivity index (χ3n) is 2.70. The van der Waals surface area contributed by atoms with Gasteiger partial charge < -0.3 is 5.32 Å². The van der Waals surface area contributed by atoms with Crippen LogP contribution in [0.1, 0.15) is 37.8 Å².